The lowest BCUT2D eigenvalue weighted by Crippen LogP contribution is -2.42. The zero-order valence-electron chi connectivity index (χ0n) is 11.5. The van der Waals surface area contributed by atoms with Gasteiger partial charge in [0.15, 0.2) is 9.84 Å². The molecule has 0 aromatic heterocycles. The van der Waals surface area contributed by atoms with E-state index < -0.39 is 25.1 Å². The molecule has 0 bridgehead atoms. The van der Waals surface area contributed by atoms with E-state index in [4.69, 9.17) is 5.73 Å². The number of nitrogen functional groups attached to an aromatic ring is 1. The first-order chi connectivity index (χ1) is 9.81. The molecule has 1 atom stereocenters. The number of benzene rings is 1. The molecule has 3 rings (SSSR count). The number of sulfonamides is 1. The van der Waals surface area contributed by atoms with Gasteiger partial charge < -0.3 is 5.73 Å². The Kier molecular flexibility index (Phi) is 3.40. The number of nitrogens with zero attached hydrogens (tertiary/aromatic N) is 1. The quantitative estimate of drug-likeness (QED) is 0.798. The predicted octanol–water partition coefficient (Wildman–Crippen LogP) is 0.538. The minimum atomic E-state index is -3.66. The molecule has 116 valence electrons. The molecule has 2 aliphatic rings. The van der Waals surface area contributed by atoms with Crippen LogP contribution >= 0.6 is 0 Å². The summed E-state index contributed by atoms with van der Waals surface area (Å²) in [6.45, 7) is 0.384. The van der Waals surface area contributed by atoms with Crippen molar-refractivity contribution in [2.75, 3.05) is 28.1 Å². The van der Waals surface area contributed by atoms with E-state index in [1.165, 1.54) is 4.31 Å². The van der Waals surface area contributed by atoms with Gasteiger partial charge in [0, 0.05) is 12.2 Å². The van der Waals surface area contributed by atoms with E-state index in [0.29, 0.717) is 24.3 Å². The maximum absolute atomic E-state index is 12.8. The van der Waals surface area contributed by atoms with E-state index in [0.717, 1.165) is 12.0 Å². The Morgan fingerprint density at radius 2 is 2.05 bits per heavy atom. The molecule has 0 radical (unpaired) electrons. The van der Waals surface area contributed by atoms with Crippen LogP contribution in [0.2, 0.25) is 0 Å². The Balaban J connectivity index is 2.01. The van der Waals surface area contributed by atoms with E-state index in [1.807, 2.05) is 0 Å². The Bertz CT molecular complexity index is 771. The van der Waals surface area contributed by atoms with E-state index >= 15 is 0 Å². The maximum atomic E-state index is 12.8. The third kappa shape index (κ3) is 2.50. The molecule has 1 aromatic rings. The van der Waals surface area contributed by atoms with Gasteiger partial charge in [-0.05, 0) is 37.0 Å². The first kappa shape index (κ1) is 14.6. The molecule has 0 saturated carbocycles. The van der Waals surface area contributed by atoms with Crippen LogP contribution in [0.25, 0.3) is 0 Å². The molecule has 0 aliphatic carbocycles. The summed E-state index contributed by atoms with van der Waals surface area (Å²) in [5.74, 6) is -0.321. The fourth-order valence-electron chi connectivity index (χ4n) is 3.06. The molecule has 1 unspecified atom stereocenters. The molecule has 1 fully saturated rings. The van der Waals surface area contributed by atoms with Gasteiger partial charge in [0.2, 0.25) is 10.0 Å². The summed E-state index contributed by atoms with van der Waals surface area (Å²) in [6.07, 6.45) is 1.62. The summed E-state index contributed by atoms with van der Waals surface area (Å²) in [6, 6.07) is 5.23. The topological polar surface area (TPSA) is 97.5 Å². The highest BCUT2D eigenvalue weighted by atomic mass is 32.2. The average molecular weight is 330 g/mol. The smallest absolute Gasteiger partial charge is 0.239 e. The molecule has 1 saturated heterocycles. The zero-order valence-corrected chi connectivity index (χ0v) is 13.2. The van der Waals surface area contributed by atoms with Crippen LogP contribution in [0, 0.1) is 0 Å². The van der Waals surface area contributed by atoms with Gasteiger partial charge in [0.05, 0.1) is 22.4 Å². The molecule has 2 heterocycles. The summed E-state index contributed by atoms with van der Waals surface area (Å²) >= 11 is 0. The second kappa shape index (κ2) is 4.88. The highest BCUT2D eigenvalue weighted by Crippen LogP contribution is 2.35. The molecular weight excluding hydrogens is 312 g/mol. The van der Waals surface area contributed by atoms with E-state index in [1.54, 1.807) is 18.2 Å². The van der Waals surface area contributed by atoms with Crippen molar-refractivity contribution in [3.63, 3.8) is 0 Å². The number of fused-ring (bicyclic) bond motifs is 1. The molecule has 1 aromatic carbocycles. The normalized spacial score (nSPS) is 24.8. The van der Waals surface area contributed by atoms with Crippen molar-refractivity contribution in [2.24, 2.45) is 0 Å². The highest BCUT2D eigenvalue weighted by molar-refractivity contribution is 7.97. The van der Waals surface area contributed by atoms with Crippen LogP contribution in [0.4, 0.5) is 11.4 Å². The van der Waals surface area contributed by atoms with Gasteiger partial charge in [0.25, 0.3) is 0 Å². The molecule has 6 nitrogen and oxygen atoms in total. The van der Waals surface area contributed by atoms with E-state index in [-0.39, 0.29) is 17.9 Å². The number of sulfone groups is 1. The summed E-state index contributed by atoms with van der Waals surface area (Å²) in [7, 11) is -6.90. The molecule has 21 heavy (non-hydrogen) atoms. The molecule has 8 heteroatoms. The van der Waals surface area contributed by atoms with Crippen LogP contribution in [-0.2, 0) is 26.3 Å². The summed E-state index contributed by atoms with van der Waals surface area (Å²) in [5.41, 5.74) is 7.96. The van der Waals surface area contributed by atoms with Crippen molar-refractivity contribution in [1.82, 2.24) is 0 Å². The van der Waals surface area contributed by atoms with Gasteiger partial charge >= 0.3 is 0 Å². The van der Waals surface area contributed by atoms with Crippen LogP contribution in [0.15, 0.2) is 18.2 Å². The highest BCUT2D eigenvalue weighted by Gasteiger charge is 2.41. The number of rotatable bonds is 2. The second-order valence-electron chi connectivity index (χ2n) is 5.59. The zero-order chi connectivity index (χ0) is 15.3. The van der Waals surface area contributed by atoms with Crippen molar-refractivity contribution >= 4 is 31.2 Å². The van der Waals surface area contributed by atoms with E-state index in [9.17, 15) is 16.8 Å². The van der Waals surface area contributed by atoms with Gasteiger partial charge in [-0.3, -0.25) is 4.31 Å². The number of hydrogen-bond acceptors (Lipinski definition) is 5. The standard InChI is InChI=1S/C13H18N2O4S2/c14-12-4-1-5-13-11(12)3-2-7-15(13)21(18,19)10-6-8-20(16,17)9-10/h1,4-5,10H,2-3,6-9,14H2. The van der Waals surface area contributed by atoms with Gasteiger partial charge in [-0.25, -0.2) is 16.8 Å². The molecule has 0 amide bonds. The molecular formula is C13H18N2O4S2. The minimum Gasteiger partial charge on any atom is -0.398 e. The third-order valence-corrected chi connectivity index (χ3v) is 8.38. The Morgan fingerprint density at radius 1 is 1.29 bits per heavy atom. The van der Waals surface area contributed by atoms with Crippen molar-refractivity contribution in [3.05, 3.63) is 23.8 Å². The number of anilines is 2. The van der Waals surface area contributed by atoms with Crippen LogP contribution in [-0.4, -0.2) is 40.1 Å². The van der Waals surface area contributed by atoms with Gasteiger partial charge in [0.1, 0.15) is 0 Å². The van der Waals surface area contributed by atoms with Crippen LogP contribution < -0.4 is 10.0 Å². The van der Waals surface area contributed by atoms with Gasteiger partial charge in [-0.15, -0.1) is 0 Å². The Labute approximate surface area is 124 Å². The molecule has 0 spiro atoms. The van der Waals surface area contributed by atoms with Gasteiger partial charge in [-0.2, -0.15) is 0 Å². The van der Waals surface area contributed by atoms with Crippen LogP contribution in [0.5, 0.6) is 0 Å². The predicted molar refractivity (Wildman–Crippen MR) is 82.5 cm³/mol. The monoisotopic (exact) mass is 330 g/mol. The van der Waals surface area contributed by atoms with Crippen LogP contribution in [0.1, 0.15) is 18.4 Å². The lowest BCUT2D eigenvalue weighted by molar-refractivity contribution is 0.573. The van der Waals surface area contributed by atoms with Crippen LogP contribution in [0.3, 0.4) is 0 Å². The summed E-state index contributed by atoms with van der Waals surface area (Å²) in [4.78, 5) is 0. The Hall–Kier alpha value is -1.28. The summed E-state index contributed by atoms with van der Waals surface area (Å²) < 4.78 is 50.0. The van der Waals surface area contributed by atoms with E-state index in [2.05, 4.69) is 0 Å². The number of hydrogen-bond donors (Lipinski definition) is 1. The fourth-order valence-corrected chi connectivity index (χ4v) is 7.66. The molecule has 2 aliphatic heterocycles. The Morgan fingerprint density at radius 3 is 2.71 bits per heavy atom. The average Bonchev–Trinajstić information content (AvgIpc) is 2.80. The number of nitrogens with two attached hydrogens (primary N) is 1. The maximum Gasteiger partial charge on any atom is 0.239 e. The lowest BCUT2D eigenvalue weighted by Gasteiger charge is -2.32. The van der Waals surface area contributed by atoms with Gasteiger partial charge in [-0.1, -0.05) is 6.07 Å². The van der Waals surface area contributed by atoms with Crippen molar-refractivity contribution < 1.29 is 16.8 Å². The fraction of sp³-hybridized carbons (Fsp3) is 0.538. The second-order valence-corrected chi connectivity index (χ2v) is 9.96. The third-order valence-electron chi connectivity index (χ3n) is 4.16. The van der Waals surface area contributed by atoms with Crippen molar-refractivity contribution in [3.8, 4) is 0 Å². The van der Waals surface area contributed by atoms with Crippen molar-refractivity contribution in [2.45, 2.75) is 24.5 Å². The SMILES string of the molecule is Nc1cccc2c1CCCN2S(=O)(=O)C1CCS(=O)(=O)C1. The van der Waals surface area contributed by atoms with Crippen molar-refractivity contribution in [1.29, 1.82) is 0 Å². The lowest BCUT2D eigenvalue weighted by atomic mass is 10.0. The summed E-state index contributed by atoms with van der Waals surface area (Å²) in [5, 5.41) is -0.838. The molecule has 2 N–H and O–H groups in total. The minimum absolute atomic E-state index is 0.0471. The first-order valence-electron chi connectivity index (χ1n) is 6.90. The largest absolute Gasteiger partial charge is 0.398 e. The first-order valence-corrected chi connectivity index (χ1v) is 10.2.